The predicted octanol–water partition coefficient (Wildman–Crippen LogP) is 0.222. The second kappa shape index (κ2) is 8.59. The molecule has 138 valence electrons. The van der Waals surface area contributed by atoms with E-state index in [1.54, 1.807) is 43.0 Å². The molecule has 0 bridgehead atoms. The van der Waals surface area contributed by atoms with E-state index in [2.05, 4.69) is 20.9 Å². The zero-order chi connectivity index (χ0) is 18.4. The van der Waals surface area contributed by atoms with Crippen LogP contribution in [0.15, 0.2) is 43.0 Å². The molecule has 2 atom stereocenters. The number of amides is 2. The van der Waals surface area contributed by atoms with Gasteiger partial charge in [0.2, 0.25) is 5.91 Å². The fraction of sp³-hybridized carbons (Fsp3) is 0.389. The second-order valence-electron chi connectivity index (χ2n) is 6.38. The van der Waals surface area contributed by atoms with Crippen molar-refractivity contribution in [3.05, 3.63) is 48.5 Å². The lowest BCUT2D eigenvalue weighted by molar-refractivity contribution is -0.116. The summed E-state index contributed by atoms with van der Waals surface area (Å²) in [6, 6.07) is 6.82. The number of hydrogen-bond acceptors (Lipinski definition) is 5. The smallest absolute Gasteiger partial charge is 0.251 e. The van der Waals surface area contributed by atoms with Gasteiger partial charge in [-0.1, -0.05) is 6.07 Å². The molecule has 2 aromatic rings. The minimum absolute atomic E-state index is 0.0185. The van der Waals surface area contributed by atoms with Crippen LogP contribution in [0.4, 0.5) is 5.69 Å². The molecule has 1 aliphatic rings. The van der Waals surface area contributed by atoms with Gasteiger partial charge < -0.3 is 25.6 Å². The number of nitrogens with one attached hydrogen (secondary N) is 3. The van der Waals surface area contributed by atoms with Gasteiger partial charge in [0.15, 0.2) is 0 Å². The van der Waals surface area contributed by atoms with Crippen molar-refractivity contribution in [2.24, 2.45) is 5.92 Å². The van der Waals surface area contributed by atoms with Gasteiger partial charge in [0.25, 0.3) is 5.91 Å². The van der Waals surface area contributed by atoms with E-state index in [1.165, 1.54) is 0 Å². The van der Waals surface area contributed by atoms with Crippen molar-refractivity contribution < 1.29 is 14.7 Å². The number of aliphatic hydroxyl groups is 1. The first-order chi connectivity index (χ1) is 12.6. The summed E-state index contributed by atoms with van der Waals surface area (Å²) in [7, 11) is 0. The Morgan fingerprint density at radius 1 is 1.35 bits per heavy atom. The van der Waals surface area contributed by atoms with E-state index in [1.807, 2.05) is 4.57 Å². The number of aryl methyl sites for hydroxylation is 1. The number of aliphatic hydroxyl groups excluding tert-OH is 1. The molecule has 0 radical (unpaired) electrons. The average Bonchev–Trinajstić information content (AvgIpc) is 3.30. The quantitative estimate of drug-likeness (QED) is 0.567. The highest BCUT2D eigenvalue weighted by molar-refractivity contribution is 5.97. The van der Waals surface area contributed by atoms with Crippen molar-refractivity contribution in [3.8, 4) is 0 Å². The lowest BCUT2D eigenvalue weighted by Crippen LogP contribution is -2.34. The maximum Gasteiger partial charge on any atom is 0.251 e. The van der Waals surface area contributed by atoms with Gasteiger partial charge in [-0.05, 0) is 18.2 Å². The summed E-state index contributed by atoms with van der Waals surface area (Å²) in [6.07, 6.45) is 5.01. The first-order valence-corrected chi connectivity index (χ1v) is 8.64. The maximum atomic E-state index is 12.3. The van der Waals surface area contributed by atoms with Crippen LogP contribution in [0.1, 0.15) is 16.8 Å². The van der Waals surface area contributed by atoms with Crippen LogP contribution in [0.3, 0.4) is 0 Å². The molecule has 8 heteroatoms. The fourth-order valence-electron chi connectivity index (χ4n) is 2.86. The monoisotopic (exact) mass is 357 g/mol. The SMILES string of the molecule is O=C(CCn1ccnc1)Nc1cccc(C(=O)NCC2CNCC2O)c1. The van der Waals surface area contributed by atoms with Crippen LogP contribution >= 0.6 is 0 Å². The van der Waals surface area contributed by atoms with Gasteiger partial charge in [-0.25, -0.2) is 4.98 Å². The third-order valence-electron chi connectivity index (χ3n) is 4.39. The highest BCUT2D eigenvalue weighted by atomic mass is 16.3. The standard InChI is InChI=1S/C18H23N5O3/c24-16-11-20-9-14(16)10-21-18(26)13-2-1-3-15(8-13)22-17(25)4-6-23-7-5-19-12-23/h1-3,5,7-8,12,14,16,20,24H,4,6,9-11H2,(H,21,26)(H,22,25). The van der Waals surface area contributed by atoms with Crippen LogP contribution in [0.25, 0.3) is 0 Å². The molecule has 0 saturated carbocycles. The first-order valence-electron chi connectivity index (χ1n) is 8.64. The third-order valence-corrected chi connectivity index (χ3v) is 4.39. The maximum absolute atomic E-state index is 12.3. The molecule has 2 unspecified atom stereocenters. The number of anilines is 1. The molecule has 8 nitrogen and oxygen atoms in total. The van der Waals surface area contributed by atoms with Crippen LogP contribution < -0.4 is 16.0 Å². The van der Waals surface area contributed by atoms with Crippen molar-refractivity contribution in [2.45, 2.75) is 19.1 Å². The molecule has 2 amide bonds. The molecule has 1 aromatic carbocycles. The van der Waals surface area contributed by atoms with Gasteiger partial charge in [-0.15, -0.1) is 0 Å². The molecule has 1 fully saturated rings. The number of β-amino-alcohol motifs (C(OH)–C–C–N with tert-alkyl or cyclic N) is 1. The molecular formula is C18H23N5O3. The number of carbonyl (C=O) groups is 2. The van der Waals surface area contributed by atoms with Crippen molar-refractivity contribution >= 4 is 17.5 Å². The Morgan fingerprint density at radius 2 is 2.23 bits per heavy atom. The number of hydrogen-bond donors (Lipinski definition) is 4. The van der Waals surface area contributed by atoms with Crippen LogP contribution in [0, 0.1) is 5.92 Å². The largest absolute Gasteiger partial charge is 0.391 e. The highest BCUT2D eigenvalue weighted by Gasteiger charge is 2.25. The van der Waals surface area contributed by atoms with E-state index in [0.717, 1.165) is 0 Å². The van der Waals surface area contributed by atoms with Gasteiger partial charge in [0.1, 0.15) is 0 Å². The summed E-state index contributed by atoms with van der Waals surface area (Å²) in [5.74, 6) is -0.333. The van der Waals surface area contributed by atoms with E-state index < -0.39 is 6.10 Å². The number of nitrogens with zero attached hydrogens (tertiary/aromatic N) is 2. The number of carbonyl (C=O) groups excluding carboxylic acids is 2. The Balaban J connectivity index is 1.50. The minimum atomic E-state index is -0.434. The summed E-state index contributed by atoms with van der Waals surface area (Å²) in [4.78, 5) is 28.3. The van der Waals surface area contributed by atoms with Gasteiger partial charge >= 0.3 is 0 Å². The Hall–Kier alpha value is -2.71. The van der Waals surface area contributed by atoms with E-state index in [4.69, 9.17) is 0 Å². The molecule has 2 heterocycles. The number of aromatic nitrogens is 2. The molecule has 26 heavy (non-hydrogen) atoms. The minimum Gasteiger partial charge on any atom is -0.391 e. The highest BCUT2D eigenvalue weighted by Crippen LogP contribution is 2.12. The summed E-state index contributed by atoms with van der Waals surface area (Å²) in [5, 5.41) is 18.5. The van der Waals surface area contributed by atoms with Gasteiger partial charge in [-0.3, -0.25) is 9.59 Å². The van der Waals surface area contributed by atoms with Gasteiger partial charge in [0.05, 0.1) is 12.4 Å². The van der Waals surface area contributed by atoms with E-state index in [9.17, 15) is 14.7 Å². The summed E-state index contributed by atoms with van der Waals surface area (Å²) >= 11 is 0. The fourth-order valence-corrected chi connectivity index (χ4v) is 2.86. The van der Waals surface area contributed by atoms with Crippen molar-refractivity contribution in [1.82, 2.24) is 20.2 Å². The third kappa shape index (κ3) is 4.90. The van der Waals surface area contributed by atoms with Crippen LogP contribution in [0.5, 0.6) is 0 Å². The molecule has 0 aliphatic carbocycles. The zero-order valence-corrected chi connectivity index (χ0v) is 14.4. The first kappa shape index (κ1) is 18.1. The van der Waals surface area contributed by atoms with Crippen LogP contribution in [0.2, 0.25) is 0 Å². The summed E-state index contributed by atoms with van der Waals surface area (Å²) < 4.78 is 1.83. The lowest BCUT2D eigenvalue weighted by Gasteiger charge is -2.14. The Kier molecular flexibility index (Phi) is 5.98. The Bertz CT molecular complexity index is 747. The Labute approximate surface area is 151 Å². The van der Waals surface area contributed by atoms with E-state index >= 15 is 0 Å². The van der Waals surface area contributed by atoms with Crippen LogP contribution in [-0.4, -0.2) is 52.2 Å². The molecule has 1 saturated heterocycles. The van der Waals surface area contributed by atoms with Crippen molar-refractivity contribution in [1.29, 1.82) is 0 Å². The number of rotatable bonds is 7. The van der Waals surface area contributed by atoms with Gasteiger partial charge in [0, 0.05) is 62.2 Å². The van der Waals surface area contributed by atoms with Crippen LogP contribution in [-0.2, 0) is 11.3 Å². The Morgan fingerprint density at radius 3 is 2.96 bits per heavy atom. The lowest BCUT2D eigenvalue weighted by atomic mass is 10.1. The summed E-state index contributed by atoms with van der Waals surface area (Å²) in [6.45, 7) is 2.20. The number of benzene rings is 1. The summed E-state index contributed by atoms with van der Waals surface area (Å²) in [5.41, 5.74) is 1.05. The second-order valence-corrected chi connectivity index (χ2v) is 6.38. The molecule has 0 spiro atoms. The number of imidazole rings is 1. The molecule has 1 aromatic heterocycles. The molecule has 1 aliphatic heterocycles. The topological polar surface area (TPSA) is 108 Å². The van der Waals surface area contributed by atoms with Crippen molar-refractivity contribution in [2.75, 3.05) is 25.0 Å². The predicted molar refractivity (Wildman–Crippen MR) is 96.6 cm³/mol. The normalized spacial score (nSPS) is 19.3. The molecule has 4 N–H and O–H groups in total. The van der Waals surface area contributed by atoms with Crippen molar-refractivity contribution in [3.63, 3.8) is 0 Å². The molecular weight excluding hydrogens is 334 g/mol. The van der Waals surface area contributed by atoms with Gasteiger partial charge in [-0.2, -0.15) is 0 Å². The average molecular weight is 357 g/mol. The van der Waals surface area contributed by atoms with E-state index in [0.29, 0.717) is 43.9 Å². The zero-order valence-electron chi connectivity index (χ0n) is 14.4. The molecule has 3 rings (SSSR count). The van der Waals surface area contributed by atoms with E-state index in [-0.39, 0.29) is 17.7 Å².